The quantitative estimate of drug-likeness (QED) is 0.120. The van der Waals surface area contributed by atoms with E-state index >= 15 is 0 Å². The molecule has 0 unspecified atom stereocenters. The first-order valence-electron chi connectivity index (χ1n) is 20.5. The van der Waals surface area contributed by atoms with Gasteiger partial charge in [-0.15, -0.1) is 0 Å². The molecule has 0 aromatic heterocycles. The second kappa shape index (κ2) is 15.0. The van der Waals surface area contributed by atoms with E-state index in [0.29, 0.717) is 22.3 Å². The lowest BCUT2D eigenvalue weighted by Crippen LogP contribution is -2.11. The second-order valence-electron chi connectivity index (χ2n) is 19.6. The maximum absolute atomic E-state index is 13.4. The molecule has 0 saturated carbocycles. The summed E-state index contributed by atoms with van der Waals surface area (Å²) >= 11 is 0. The standard InChI is InChI=1S/C53H61O4/c1-15-56-48(54)43-29-44(49(55)57-16-2)36-24-18-32(17-23-35(36)43)47(41-30-45(52(9,10)11)39-27-21-33(50(3,4)5)19-25-37(39)41)42-31-46(53(12,13)14)40-28-22-34(51(6,7)8)20-26-38(40)42/h17-31H,15-16H2,1-14H3/q+1. The summed E-state index contributed by atoms with van der Waals surface area (Å²) in [6.07, 6.45) is 0. The highest BCUT2D eigenvalue weighted by molar-refractivity contribution is 6.08. The van der Waals surface area contributed by atoms with E-state index in [4.69, 9.17) is 9.47 Å². The van der Waals surface area contributed by atoms with Gasteiger partial charge in [0.2, 0.25) is 0 Å². The van der Waals surface area contributed by atoms with Gasteiger partial charge in [0, 0.05) is 33.4 Å². The Balaban J connectivity index is 1.76. The molecule has 0 aromatic rings. The van der Waals surface area contributed by atoms with E-state index < -0.39 is 11.9 Å². The third-order valence-corrected chi connectivity index (χ3v) is 11.2. The van der Waals surface area contributed by atoms with Crippen LogP contribution in [0.2, 0.25) is 0 Å². The third kappa shape index (κ3) is 8.06. The maximum atomic E-state index is 13.4. The lowest BCUT2D eigenvalue weighted by atomic mass is 9.83. The Morgan fingerprint density at radius 1 is 0.439 bits per heavy atom. The van der Waals surface area contributed by atoms with E-state index in [9.17, 15) is 9.59 Å². The minimum atomic E-state index is -0.465. The fourth-order valence-electron chi connectivity index (χ4n) is 8.09. The van der Waals surface area contributed by atoms with Crippen molar-refractivity contribution in [1.82, 2.24) is 0 Å². The Bertz CT molecular complexity index is 2190. The molecule has 57 heavy (non-hydrogen) atoms. The van der Waals surface area contributed by atoms with Crippen LogP contribution in [0.15, 0.2) is 91.0 Å². The molecule has 0 heterocycles. The van der Waals surface area contributed by atoms with Crippen LogP contribution < -0.4 is 0 Å². The predicted molar refractivity (Wildman–Crippen MR) is 236 cm³/mol. The SMILES string of the molecule is CCOC(=O)c1cc(C(=O)OCC)c2ccc([C+](c3cc(C(C)(C)C)c4ccc(C(C)(C)C)ccc3-4)c3cc(C(C)(C)C)c4ccc(C(C)(C)C)ccc3-4)ccc1-2. The van der Waals surface area contributed by atoms with Gasteiger partial charge in [-0.25, -0.2) is 9.59 Å². The van der Waals surface area contributed by atoms with Crippen LogP contribution >= 0.6 is 0 Å². The Morgan fingerprint density at radius 3 is 1.09 bits per heavy atom. The molecule has 0 spiro atoms. The van der Waals surface area contributed by atoms with Gasteiger partial charge < -0.3 is 9.47 Å². The van der Waals surface area contributed by atoms with Gasteiger partial charge in [0.25, 0.3) is 0 Å². The normalized spacial score (nSPS) is 12.7. The molecule has 0 aliphatic heterocycles. The third-order valence-electron chi connectivity index (χ3n) is 11.2. The zero-order valence-electron chi connectivity index (χ0n) is 36.7. The molecule has 0 bridgehead atoms. The van der Waals surface area contributed by atoms with Crippen LogP contribution in [0.4, 0.5) is 0 Å². The summed E-state index contributed by atoms with van der Waals surface area (Å²) in [5.41, 5.74) is 14.8. The van der Waals surface area contributed by atoms with Crippen LogP contribution in [0.1, 0.15) is 157 Å². The molecule has 0 atom stereocenters. The summed E-state index contributed by atoms with van der Waals surface area (Å²) in [4.78, 5) is 26.8. The van der Waals surface area contributed by atoms with Crippen molar-refractivity contribution in [3.63, 3.8) is 0 Å². The molecule has 0 fully saturated rings. The summed E-state index contributed by atoms with van der Waals surface area (Å²) in [6.45, 7) is 31.3. The molecule has 296 valence electrons. The largest absolute Gasteiger partial charge is 0.462 e. The molecule has 6 aliphatic carbocycles. The van der Waals surface area contributed by atoms with Gasteiger partial charge in [0.1, 0.15) is 0 Å². The number of hydrogen-bond acceptors (Lipinski definition) is 4. The zero-order chi connectivity index (χ0) is 41.8. The number of carbonyl (C=O) groups is 2. The minimum absolute atomic E-state index is 0.0287. The Hall–Kier alpha value is -5.09. The van der Waals surface area contributed by atoms with Gasteiger partial charge in [-0.05, 0) is 124 Å². The molecule has 6 aliphatic rings. The van der Waals surface area contributed by atoms with E-state index in [1.165, 1.54) is 44.5 Å². The van der Waals surface area contributed by atoms with E-state index in [-0.39, 0.29) is 34.9 Å². The van der Waals surface area contributed by atoms with Crippen LogP contribution in [-0.4, -0.2) is 25.2 Å². The molecule has 0 radical (unpaired) electrons. The lowest BCUT2D eigenvalue weighted by Gasteiger charge is -2.18. The molecular weight excluding hydrogens is 701 g/mol. The number of carbonyl (C=O) groups excluding carboxylic acids is 2. The molecule has 0 aromatic carbocycles. The highest BCUT2D eigenvalue weighted by Crippen LogP contribution is 2.51. The van der Waals surface area contributed by atoms with Crippen molar-refractivity contribution in [1.29, 1.82) is 0 Å². The van der Waals surface area contributed by atoms with Crippen molar-refractivity contribution in [2.45, 2.75) is 119 Å². The molecule has 0 saturated heterocycles. The van der Waals surface area contributed by atoms with Crippen LogP contribution in [0.3, 0.4) is 0 Å². The summed E-state index contributed by atoms with van der Waals surface area (Å²) in [7, 11) is 0. The second-order valence-corrected chi connectivity index (χ2v) is 19.6. The summed E-state index contributed by atoms with van der Waals surface area (Å²) in [6, 6.07) is 33.0. The number of esters is 2. The lowest BCUT2D eigenvalue weighted by molar-refractivity contribution is 0.0525. The van der Waals surface area contributed by atoms with Crippen molar-refractivity contribution >= 4 is 11.9 Å². The summed E-state index contributed by atoms with van der Waals surface area (Å²) in [5.74, 6) is 0.164. The maximum Gasteiger partial charge on any atom is 0.338 e. The highest BCUT2D eigenvalue weighted by Gasteiger charge is 2.38. The van der Waals surface area contributed by atoms with Gasteiger partial charge in [0.15, 0.2) is 0 Å². The minimum Gasteiger partial charge on any atom is -0.462 e. The summed E-state index contributed by atoms with van der Waals surface area (Å²) < 4.78 is 11.0. The van der Waals surface area contributed by atoms with Crippen molar-refractivity contribution in [2.75, 3.05) is 13.2 Å². The number of rotatable bonds is 7. The van der Waals surface area contributed by atoms with Crippen molar-refractivity contribution in [3.05, 3.63) is 147 Å². The number of fused-ring (bicyclic) bond motifs is 3. The van der Waals surface area contributed by atoms with Crippen LogP contribution in [0, 0.1) is 5.92 Å². The van der Waals surface area contributed by atoms with Crippen molar-refractivity contribution < 1.29 is 19.1 Å². The monoisotopic (exact) mass is 761 g/mol. The van der Waals surface area contributed by atoms with E-state index in [1.54, 1.807) is 19.9 Å². The van der Waals surface area contributed by atoms with Gasteiger partial charge in [-0.2, -0.15) is 0 Å². The molecule has 0 amide bonds. The first-order chi connectivity index (χ1) is 26.6. The Labute approximate surface area is 342 Å². The first kappa shape index (κ1) is 41.5. The van der Waals surface area contributed by atoms with E-state index in [2.05, 4.69) is 156 Å². The smallest absolute Gasteiger partial charge is 0.338 e. The van der Waals surface area contributed by atoms with Gasteiger partial charge in [0.05, 0.1) is 46.9 Å². The van der Waals surface area contributed by atoms with Gasteiger partial charge >= 0.3 is 11.9 Å². The molecular formula is C53H61O4+. The predicted octanol–water partition coefficient (Wildman–Crippen LogP) is 13.6. The topological polar surface area (TPSA) is 52.6 Å². The average Bonchev–Trinajstić information content (AvgIpc) is 3.55. The molecule has 0 N–H and O–H groups in total. The first-order valence-corrected chi connectivity index (χ1v) is 20.5. The van der Waals surface area contributed by atoms with Crippen molar-refractivity contribution in [3.8, 4) is 33.4 Å². The van der Waals surface area contributed by atoms with Crippen LogP contribution in [0.25, 0.3) is 33.4 Å². The molecule has 4 heteroatoms. The Kier molecular flexibility index (Phi) is 10.9. The van der Waals surface area contributed by atoms with Crippen LogP contribution in [0.5, 0.6) is 0 Å². The van der Waals surface area contributed by atoms with E-state index in [1.807, 2.05) is 12.1 Å². The van der Waals surface area contributed by atoms with Crippen LogP contribution in [-0.2, 0) is 31.1 Å². The van der Waals surface area contributed by atoms with Crippen molar-refractivity contribution in [2.24, 2.45) is 0 Å². The van der Waals surface area contributed by atoms with Gasteiger partial charge in [-0.3, -0.25) is 0 Å². The average molecular weight is 762 g/mol. The Morgan fingerprint density at radius 2 is 0.772 bits per heavy atom. The van der Waals surface area contributed by atoms with Gasteiger partial charge in [-0.1, -0.05) is 107 Å². The highest BCUT2D eigenvalue weighted by atomic mass is 16.5. The number of ether oxygens (including phenoxy) is 2. The summed E-state index contributed by atoms with van der Waals surface area (Å²) in [5, 5.41) is 0. The fraction of sp³-hybridized carbons (Fsp3) is 0.377. The number of hydrogen-bond donors (Lipinski definition) is 0. The van der Waals surface area contributed by atoms with E-state index in [0.717, 1.165) is 22.6 Å². The fourth-order valence-corrected chi connectivity index (χ4v) is 8.09. The molecule has 4 nitrogen and oxygen atoms in total. The molecule has 6 rings (SSSR count). The zero-order valence-corrected chi connectivity index (χ0v) is 36.7.